The Hall–Kier alpha value is -1.01. The lowest BCUT2D eigenvalue weighted by Gasteiger charge is -2.09. The molecule has 6 heteroatoms. The Bertz CT molecular complexity index is 302. The van der Waals surface area contributed by atoms with Crippen LogP contribution in [0, 0.1) is 0 Å². The lowest BCUT2D eigenvalue weighted by Crippen LogP contribution is -2.17. The van der Waals surface area contributed by atoms with E-state index in [1.54, 1.807) is 0 Å². The van der Waals surface area contributed by atoms with Crippen molar-refractivity contribution in [1.82, 2.24) is 0 Å². The Balaban J connectivity index is 2.99. The van der Waals surface area contributed by atoms with Crippen LogP contribution in [0.2, 0.25) is 0 Å². The molecule has 0 unspecified atom stereocenters. The molecule has 1 rings (SSSR count). The molecule has 0 aromatic rings. The van der Waals surface area contributed by atoms with Gasteiger partial charge in [0, 0.05) is 5.57 Å². The molecule has 0 radical (unpaired) electrons. The van der Waals surface area contributed by atoms with Crippen molar-refractivity contribution in [2.45, 2.75) is 12.6 Å². The molecule has 14 heavy (non-hydrogen) atoms. The van der Waals surface area contributed by atoms with Crippen molar-refractivity contribution in [3.8, 4) is 0 Å². The van der Waals surface area contributed by atoms with E-state index in [2.05, 4.69) is 0 Å². The minimum Gasteiger partial charge on any atom is -0.423 e. The number of halogens is 3. The van der Waals surface area contributed by atoms with Gasteiger partial charge in [-0.25, -0.2) is 0 Å². The lowest BCUT2D eigenvalue weighted by molar-refractivity contribution is -0.0929. The molecule has 2 nitrogen and oxygen atoms in total. The first-order valence-corrected chi connectivity index (χ1v) is 3.92. The molecule has 0 saturated carbocycles. The summed E-state index contributed by atoms with van der Waals surface area (Å²) in [6, 6.07) is 0. The van der Waals surface area contributed by atoms with E-state index in [0.717, 1.165) is 6.08 Å². The number of alkyl halides is 3. The molecule has 1 aliphatic carbocycles. The summed E-state index contributed by atoms with van der Waals surface area (Å²) in [6.07, 6.45) is -0.00826. The fourth-order valence-corrected chi connectivity index (χ4v) is 1.04. The molecule has 0 fully saturated rings. The second kappa shape index (κ2) is 4.02. The third kappa shape index (κ3) is 2.75. The topological polar surface area (TPSA) is 40.5 Å². The molecule has 0 spiro atoms. The maximum Gasteiger partial charge on any atom is 0.488 e. The monoisotopic (exact) mass is 204 g/mol. The van der Waals surface area contributed by atoms with Crippen LogP contribution >= 0.6 is 0 Å². The van der Waals surface area contributed by atoms with Gasteiger partial charge in [0.1, 0.15) is 0 Å². The first kappa shape index (κ1) is 11.1. The van der Waals surface area contributed by atoms with Gasteiger partial charge in [-0.05, 0) is 11.9 Å². The molecule has 2 N–H and O–H groups in total. The fourth-order valence-electron chi connectivity index (χ4n) is 1.04. The summed E-state index contributed by atoms with van der Waals surface area (Å²) in [5.41, 5.74) is -0.948. The van der Waals surface area contributed by atoms with E-state index in [1.165, 1.54) is 18.2 Å². The SMILES string of the molecule is OB(O)C1=CC=CCC(C(F)(F)F)=C1. The average molecular weight is 204 g/mol. The minimum absolute atomic E-state index is 0.161. The van der Waals surface area contributed by atoms with E-state index >= 15 is 0 Å². The average Bonchev–Trinajstić information content (AvgIpc) is 2.26. The van der Waals surface area contributed by atoms with Crippen LogP contribution in [0.4, 0.5) is 13.2 Å². The summed E-state index contributed by atoms with van der Waals surface area (Å²) in [7, 11) is -1.88. The Morgan fingerprint density at radius 2 is 1.93 bits per heavy atom. The highest BCUT2D eigenvalue weighted by Crippen LogP contribution is 2.30. The number of rotatable bonds is 1. The Labute approximate surface area is 79.2 Å². The summed E-state index contributed by atoms with van der Waals surface area (Å²) in [5, 5.41) is 17.5. The first-order valence-electron chi connectivity index (χ1n) is 3.92. The zero-order valence-electron chi connectivity index (χ0n) is 7.12. The molecule has 0 aromatic carbocycles. The molecule has 76 valence electrons. The van der Waals surface area contributed by atoms with Crippen molar-refractivity contribution >= 4 is 7.12 Å². The summed E-state index contributed by atoms with van der Waals surface area (Å²) < 4.78 is 36.8. The molecule has 0 atom stereocenters. The number of hydrogen-bond donors (Lipinski definition) is 2. The summed E-state index contributed by atoms with van der Waals surface area (Å²) in [4.78, 5) is 0. The van der Waals surface area contributed by atoms with Gasteiger partial charge in [-0.15, -0.1) is 0 Å². The van der Waals surface area contributed by atoms with Gasteiger partial charge in [0.15, 0.2) is 0 Å². The van der Waals surface area contributed by atoms with Crippen LogP contribution in [-0.4, -0.2) is 23.3 Å². The van der Waals surface area contributed by atoms with Gasteiger partial charge < -0.3 is 10.0 Å². The highest BCUT2D eigenvalue weighted by molar-refractivity contribution is 6.51. The van der Waals surface area contributed by atoms with Gasteiger partial charge in [0.05, 0.1) is 0 Å². The molecular weight excluding hydrogens is 196 g/mol. The van der Waals surface area contributed by atoms with Crippen LogP contribution in [0.15, 0.2) is 35.3 Å². The van der Waals surface area contributed by atoms with E-state index in [1.807, 2.05) is 0 Å². The second-order valence-corrected chi connectivity index (χ2v) is 2.84. The molecule has 0 aliphatic heterocycles. The number of hydrogen-bond acceptors (Lipinski definition) is 2. The van der Waals surface area contributed by atoms with Gasteiger partial charge in [-0.1, -0.05) is 24.3 Å². The summed E-state index contributed by atoms with van der Waals surface area (Å²) in [5.74, 6) is 0. The van der Waals surface area contributed by atoms with Crippen LogP contribution in [0.25, 0.3) is 0 Å². The first-order chi connectivity index (χ1) is 6.41. The third-order valence-electron chi connectivity index (χ3n) is 1.77. The third-order valence-corrected chi connectivity index (χ3v) is 1.77. The van der Waals surface area contributed by atoms with E-state index in [4.69, 9.17) is 10.0 Å². The normalized spacial score (nSPS) is 17.2. The van der Waals surface area contributed by atoms with Gasteiger partial charge in [-0.3, -0.25) is 0 Å². The minimum atomic E-state index is -4.43. The molecule has 0 aromatic heterocycles. The standard InChI is InChI=1S/C8H8BF3O2/c10-8(11,12)6-3-1-2-4-7(5-6)9(13)14/h1-2,4-5,13-14H,3H2. The van der Waals surface area contributed by atoms with Gasteiger partial charge in [0.25, 0.3) is 0 Å². The smallest absolute Gasteiger partial charge is 0.423 e. The van der Waals surface area contributed by atoms with E-state index in [0.29, 0.717) is 0 Å². The quantitative estimate of drug-likeness (QED) is 0.633. The predicted molar refractivity (Wildman–Crippen MR) is 46.2 cm³/mol. The molecule has 0 bridgehead atoms. The van der Waals surface area contributed by atoms with E-state index in [-0.39, 0.29) is 11.9 Å². The van der Waals surface area contributed by atoms with Gasteiger partial charge in [-0.2, -0.15) is 13.2 Å². The molecule has 0 heterocycles. The molecular formula is C8H8BF3O2. The van der Waals surface area contributed by atoms with Crippen molar-refractivity contribution in [2.24, 2.45) is 0 Å². The lowest BCUT2D eigenvalue weighted by atomic mass is 9.78. The zero-order valence-corrected chi connectivity index (χ0v) is 7.12. The van der Waals surface area contributed by atoms with Crippen molar-refractivity contribution in [2.75, 3.05) is 0 Å². The maximum atomic E-state index is 12.3. The van der Waals surface area contributed by atoms with Crippen LogP contribution in [0.3, 0.4) is 0 Å². The summed E-state index contributed by atoms with van der Waals surface area (Å²) in [6.45, 7) is 0. The van der Waals surface area contributed by atoms with E-state index < -0.39 is 18.9 Å². The van der Waals surface area contributed by atoms with Gasteiger partial charge >= 0.3 is 13.3 Å². The van der Waals surface area contributed by atoms with Crippen molar-refractivity contribution < 1.29 is 23.2 Å². The van der Waals surface area contributed by atoms with Gasteiger partial charge in [0.2, 0.25) is 0 Å². The van der Waals surface area contributed by atoms with Crippen molar-refractivity contribution in [3.05, 3.63) is 35.3 Å². The van der Waals surface area contributed by atoms with Crippen LogP contribution in [0.5, 0.6) is 0 Å². The Kier molecular flexibility index (Phi) is 3.18. The molecule has 1 aliphatic rings. The molecule has 0 saturated heterocycles. The fraction of sp³-hybridized carbons (Fsp3) is 0.250. The summed E-state index contributed by atoms with van der Waals surface area (Å²) >= 11 is 0. The maximum absolute atomic E-state index is 12.3. The van der Waals surface area contributed by atoms with E-state index in [9.17, 15) is 13.2 Å². The highest BCUT2D eigenvalue weighted by Gasteiger charge is 2.33. The zero-order chi connectivity index (χ0) is 10.8. The van der Waals surface area contributed by atoms with Crippen LogP contribution in [0.1, 0.15) is 6.42 Å². The van der Waals surface area contributed by atoms with Crippen LogP contribution in [-0.2, 0) is 0 Å². The second-order valence-electron chi connectivity index (χ2n) is 2.84. The van der Waals surface area contributed by atoms with Crippen molar-refractivity contribution in [3.63, 3.8) is 0 Å². The largest absolute Gasteiger partial charge is 0.488 e. The molecule has 0 amide bonds. The number of allylic oxidation sites excluding steroid dienone is 6. The van der Waals surface area contributed by atoms with Crippen molar-refractivity contribution in [1.29, 1.82) is 0 Å². The Morgan fingerprint density at radius 3 is 2.43 bits per heavy atom. The Morgan fingerprint density at radius 1 is 1.29 bits per heavy atom. The van der Waals surface area contributed by atoms with Crippen LogP contribution < -0.4 is 0 Å². The highest BCUT2D eigenvalue weighted by atomic mass is 19.4. The predicted octanol–water partition coefficient (Wildman–Crippen LogP) is 1.37.